The van der Waals surface area contributed by atoms with E-state index in [1.165, 1.54) is 28.9 Å². The topological polar surface area (TPSA) is 124 Å². The number of non-ortho nitro benzene ring substituents is 1. The normalized spacial score (nSPS) is 18.8. The minimum Gasteiger partial charge on any atom is -0.489 e. The van der Waals surface area contributed by atoms with Crippen LogP contribution >= 0.6 is 11.8 Å². The molecule has 2 aromatic rings. The number of thioether (sulfide) groups is 1. The van der Waals surface area contributed by atoms with Gasteiger partial charge in [0.05, 0.1) is 10.5 Å². The van der Waals surface area contributed by atoms with Gasteiger partial charge in [-0.15, -0.1) is 5.10 Å². The van der Waals surface area contributed by atoms with Gasteiger partial charge in [-0.25, -0.2) is 0 Å². The van der Waals surface area contributed by atoms with Crippen LogP contribution in [0.15, 0.2) is 64.2 Å². The van der Waals surface area contributed by atoms with E-state index in [9.17, 15) is 14.9 Å². The van der Waals surface area contributed by atoms with Gasteiger partial charge < -0.3 is 9.64 Å². The molecule has 0 spiro atoms. The molecule has 0 radical (unpaired) electrons. The number of nitrogens with one attached hydrogen (secondary N) is 1. The van der Waals surface area contributed by atoms with E-state index in [4.69, 9.17) is 10.1 Å². The molecule has 11 heteroatoms. The van der Waals surface area contributed by atoms with Gasteiger partial charge in [-0.05, 0) is 66.1 Å². The highest BCUT2D eigenvalue weighted by Crippen LogP contribution is 2.31. The Labute approximate surface area is 199 Å². The van der Waals surface area contributed by atoms with Crippen LogP contribution in [0.5, 0.6) is 5.75 Å². The lowest BCUT2D eigenvalue weighted by Crippen LogP contribution is -2.35. The molecule has 3 aliphatic rings. The summed E-state index contributed by atoms with van der Waals surface area (Å²) in [5.41, 5.74) is 1.75. The maximum atomic E-state index is 12.6. The van der Waals surface area contributed by atoms with E-state index >= 15 is 0 Å². The maximum Gasteiger partial charge on any atom is 0.283 e. The summed E-state index contributed by atoms with van der Waals surface area (Å²) in [7, 11) is 0. The van der Waals surface area contributed by atoms with Gasteiger partial charge in [0.2, 0.25) is 5.17 Å². The zero-order valence-corrected chi connectivity index (χ0v) is 18.8. The van der Waals surface area contributed by atoms with Gasteiger partial charge in [0.25, 0.3) is 11.6 Å². The maximum absolute atomic E-state index is 12.6. The summed E-state index contributed by atoms with van der Waals surface area (Å²) >= 11 is 1.33. The summed E-state index contributed by atoms with van der Waals surface area (Å²) in [5.74, 6) is 0.164. The molecule has 2 aromatic carbocycles. The number of amidine groups is 3. The molecule has 34 heavy (non-hydrogen) atoms. The molecule has 3 aliphatic heterocycles. The highest BCUT2D eigenvalue weighted by molar-refractivity contribution is 8.26. The van der Waals surface area contributed by atoms with Crippen molar-refractivity contribution in [2.45, 2.75) is 19.4 Å². The highest BCUT2D eigenvalue weighted by Gasteiger charge is 2.37. The first kappa shape index (κ1) is 21.8. The minimum absolute atomic E-state index is 0.00944. The van der Waals surface area contributed by atoms with Crippen molar-refractivity contribution in [3.8, 4) is 5.75 Å². The van der Waals surface area contributed by atoms with Crippen LogP contribution in [0.4, 0.5) is 5.69 Å². The van der Waals surface area contributed by atoms with Crippen molar-refractivity contribution in [2.24, 2.45) is 10.1 Å². The number of amides is 1. The van der Waals surface area contributed by atoms with Crippen LogP contribution in [-0.2, 0) is 11.4 Å². The Balaban J connectivity index is 1.26. The summed E-state index contributed by atoms with van der Waals surface area (Å²) < 4.78 is 5.74. The summed E-state index contributed by atoms with van der Waals surface area (Å²) in [6.07, 6.45) is 3.85. The number of carbonyl (C=O) groups is 1. The summed E-state index contributed by atoms with van der Waals surface area (Å²) in [4.78, 5) is 29.2. The standard InChI is InChI=1S/C23H20N6O4S/c24-20-19(21(30)25-22-28(20)26-23(34-22)27-11-1-2-12-27)13-15-5-9-18(10-6-15)33-14-16-3-7-17(8-4-16)29(31)32/h3-10,13,24H,1-2,11-12,14H2/b19-13+,24-20?. The van der Waals surface area contributed by atoms with Crippen molar-refractivity contribution in [3.63, 3.8) is 0 Å². The van der Waals surface area contributed by atoms with Crippen LogP contribution in [0.3, 0.4) is 0 Å². The van der Waals surface area contributed by atoms with Gasteiger partial charge >= 0.3 is 0 Å². The number of aliphatic imine (C=N–C) groups is 1. The Kier molecular flexibility index (Phi) is 5.84. The number of nitrogens with zero attached hydrogens (tertiary/aromatic N) is 5. The van der Waals surface area contributed by atoms with E-state index < -0.39 is 10.8 Å². The fourth-order valence-corrected chi connectivity index (χ4v) is 4.67. The smallest absolute Gasteiger partial charge is 0.283 e. The van der Waals surface area contributed by atoms with E-state index in [1.54, 1.807) is 42.5 Å². The average molecular weight is 477 g/mol. The van der Waals surface area contributed by atoms with E-state index in [2.05, 4.69) is 15.0 Å². The number of fused-ring (bicyclic) bond motifs is 1. The van der Waals surface area contributed by atoms with E-state index in [0.29, 0.717) is 10.9 Å². The number of rotatable bonds is 5. The van der Waals surface area contributed by atoms with Crippen molar-refractivity contribution in [2.75, 3.05) is 13.1 Å². The molecule has 1 amide bonds. The fourth-order valence-electron chi connectivity index (χ4n) is 3.73. The van der Waals surface area contributed by atoms with Crippen molar-refractivity contribution in [1.82, 2.24) is 9.91 Å². The van der Waals surface area contributed by atoms with E-state index in [1.807, 2.05) is 0 Å². The number of hydrogen-bond donors (Lipinski definition) is 1. The van der Waals surface area contributed by atoms with Crippen LogP contribution in [0, 0.1) is 15.5 Å². The van der Waals surface area contributed by atoms with Crippen LogP contribution in [0.1, 0.15) is 24.0 Å². The predicted octanol–water partition coefficient (Wildman–Crippen LogP) is 3.85. The molecule has 0 aliphatic carbocycles. The lowest BCUT2D eigenvalue weighted by Gasteiger charge is -2.20. The molecule has 0 aromatic heterocycles. The minimum atomic E-state index is -0.458. The number of nitro groups is 1. The molecule has 1 fully saturated rings. The lowest BCUT2D eigenvalue weighted by atomic mass is 10.1. The Bertz CT molecular complexity index is 1250. The second-order valence-corrected chi connectivity index (χ2v) is 8.81. The zero-order chi connectivity index (χ0) is 23.7. The number of likely N-dealkylation sites (tertiary alicyclic amines) is 1. The summed E-state index contributed by atoms with van der Waals surface area (Å²) in [6, 6.07) is 13.3. The Hall–Kier alpha value is -3.99. The number of hydrazone groups is 1. The third kappa shape index (κ3) is 4.42. The first-order valence-corrected chi connectivity index (χ1v) is 11.5. The van der Waals surface area contributed by atoms with Gasteiger partial charge in [0.1, 0.15) is 12.4 Å². The summed E-state index contributed by atoms with van der Waals surface area (Å²) in [5, 5.41) is 26.4. The molecule has 1 saturated heterocycles. The number of carbonyl (C=O) groups excluding carboxylic acids is 1. The van der Waals surface area contributed by atoms with Crippen molar-refractivity contribution in [1.29, 1.82) is 5.41 Å². The predicted molar refractivity (Wildman–Crippen MR) is 130 cm³/mol. The molecule has 0 unspecified atom stereocenters. The second-order valence-electron chi connectivity index (χ2n) is 7.88. The second kappa shape index (κ2) is 9.10. The van der Waals surface area contributed by atoms with Crippen molar-refractivity contribution >= 4 is 45.6 Å². The zero-order valence-electron chi connectivity index (χ0n) is 18.0. The molecule has 10 nitrogen and oxygen atoms in total. The van der Waals surface area contributed by atoms with Gasteiger partial charge in [-0.2, -0.15) is 10.0 Å². The van der Waals surface area contributed by atoms with E-state index in [0.717, 1.165) is 42.2 Å². The molecule has 0 saturated carbocycles. The first-order valence-electron chi connectivity index (χ1n) is 10.7. The van der Waals surface area contributed by atoms with Gasteiger partial charge in [0, 0.05) is 25.2 Å². The SMILES string of the molecule is N=C1/C(=C\c2ccc(OCc3ccc([N+](=O)[O-])cc3)cc2)C(=O)N=C2SC(N3CCCC3)=NN12. The third-order valence-electron chi connectivity index (χ3n) is 5.56. The Morgan fingerprint density at radius 1 is 1.09 bits per heavy atom. The molecule has 172 valence electrons. The molecular formula is C23H20N6O4S. The molecule has 3 heterocycles. The highest BCUT2D eigenvalue weighted by atomic mass is 32.2. The van der Waals surface area contributed by atoms with E-state index in [-0.39, 0.29) is 23.7 Å². The molecule has 5 rings (SSSR count). The fraction of sp³-hybridized carbons (Fsp3) is 0.217. The quantitative estimate of drug-likeness (QED) is 0.395. The average Bonchev–Trinajstić information content (AvgIpc) is 3.52. The summed E-state index contributed by atoms with van der Waals surface area (Å²) in [6.45, 7) is 2.12. The van der Waals surface area contributed by atoms with Crippen LogP contribution in [0.2, 0.25) is 0 Å². The van der Waals surface area contributed by atoms with Crippen LogP contribution in [-0.4, -0.2) is 50.0 Å². The molecular weight excluding hydrogens is 456 g/mol. The van der Waals surface area contributed by atoms with Crippen LogP contribution in [0.25, 0.3) is 6.08 Å². The number of benzene rings is 2. The third-order valence-corrected chi connectivity index (χ3v) is 6.53. The van der Waals surface area contributed by atoms with Crippen molar-refractivity contribution < 1.29 is 14.5 Å². The van der Waals surface area contributed by atoms with Crippen LogP contribution < -0.4 is 4.74 Å². The monoisotopic (exact) mass is 476 g/mol. The van der Waals surface area contributed by atoms with Gasteiger partial charge in [-0.3, -0.25) is 20.3 Å². The Morgan fingerprint density at radius 2 is 1.79 bits per heavy atom. The molecule has 0 bridgehead atoms. The number of hydrogen-bond acceptors (Lipinski definition) is 8. The molecule has 1 N–H and O–H groups in total. The van der Waals surface area contributed by atoms with Crippen molar-refractivity contribution in [3.05, 3.63) is 75.3 Å². The molecule has 0 atom stereocenters. The number of ether oxygens (including phenoxy) is 1. The Morgan fingerprint density at radius 3 is 2.47 bits per heavy atom. The van der Waals surface area contributed by atoms with Gasteiger partial charge in [0.15, 0.2) is 11.0 Å². The lowest BCUT2D eigenvalue weighted by molar-refractivity contribution is -0.384. The first-order chi connectivity index (χ1) is 16.5. The largest absolute Gasteiger partial charge is 0.489 e. The number of nitro benzene ring substituents is 1. The van der Waals surface area contributed by atoms with Gasteiger partial charge in [-0.1, -0.05) is 12.1 Å².